The second-order valence-corrected chi connectivity index (χ2v) is 5.76. The van der Waals surface area contributed by atoms with Gasteiger partial charge in [-0.25, -0.2) is 9.78 Å². The quantitative estimate of drug-likeness (QED) is 0.888. The van der Waals surface area contributed by atoms with Crippen LogP contribution in [0.2, 0.25) is 0 Å². The van der Waals surface area contributed by atoms with Gasteiger partial charge in [0.25, 0.3) is 0 Å². The molecule has 0 amide bonds. The summed E-state index contributed by atoms with van der Waals surface area (Å²) in [5.74, 6) is 0.896. The molecule has 1 N–H and O–H groups in total. The molecule has 2 aliphatic rings. The minimum absolute atomic E-state index is 0.278. The normalized spacial score (nSPS) is 26.3. The van der Waals surface area contributed by atoms with Crippen molar-refractivity contribution in [3.8, 4) is 0 Å². The molecule has 0 spiro atoms. The molecule has 1 aromatic rings. The average molecular weight is 260 g/mol. The van der Waals surface area contributed by atoms with E-state index in [0.717, 1.165) is 23.8 Å². The molecular formula is C15H20N2O2. The van der Waals surface area contributed by atoms with E-state index in [1.165, 1.54) is 38.3 Å². The second-order valence-electron chi connectivity index (χ2n) is 5.76. The van der Waals surface area contributed by atoms with E-state index in [4.69, 9.17) is 5.11 Å². The van der Waals surface area contributed by atoms with Gasteiger partial charge in [0.1, 0.15) is 5.82 Å². The Morgan fingerprint density at radius 3 is 2.89 bits per heavy atom. The lowest BCUT2D eigenvalue weighted by atomic mass is 9.85. The van der Waals surface area contributed by atoms with Crippen molar-refractivity contribution in [3.63, 3.8) is 0 Å². The van der Waals surface area contributed by atoms with Crippen LogP contribution in [-0.2, 0) is 0 Å². The van der Waals surface area contributed by atoms with Gasteiger partial charge in [0.15, 0.2) is 0 Å². The van der Waals surface area contributed by atoms with Crippen molar-refractivity contribution in [2.24, 2.45) is 5.92 Å². The Morgan fingerprint density at radius 2 is 2.16 bits per heavy atom. The predicted octanol–water partition coefficient (Wildman–Crippen LogP) is 2.86. The number of rotatable bonds is 2. The molecule has 0 radical (unpaired) electrons. The molecule has 2 atom stereocenters. The fraction of sp³-hybridized carbons (Fsp3) is 0.600. The van der Waals surface area contributed by atoms with Crippen LogP contribution in [0.15, 0.2) is 12.3 Å². The van der Waals surface area contributed by atoms with Crippen LogP contribution in [0, 0.1) is 12.8 Å². The zero-order valence-electron chi connectivity index (χ0n) is 11.3. The van der Waals surface area contributed by atoms with E-state index in [2.05, 4.69) is 9.88 Å². The first-order valence-corrected chi connectivity index (χ1v) is 7.13. The second kappa shape index (κ2) is 4.83. The first-order chi connectivity index (χ1) is 9.16. The van der Waals surface area contributed by atoms with Gasteiger partial charge in [0.05, 0.1) is 5.56 Å². The standard InChI is InChI=1S/C15H20N2O2/c1-10-8-12(15(18)19)9-16-14(10)17-7-6-11-4-2-3-5-13(11)17/h8-9,11,13H,2-7H2,1H3,(H,18,19). The van der Waals surface area contributed by atoms with Crippen molar-refractivity contribution in [2.45, 2.75) is 45.1 Å². The van der Waals surface area contributed by atoms with Gasteiger partial charge in [-0.2, -0.15) is 0 Å². The van der Waals surface area contributed by atoms with Crippen LogP contribution in [0.4, 0.5) is 5.82 Å². The van der Waals surface area contributed by atoms with Crippen molar-refractivity contribution < 1.29 is 9.90 Å². The number of hydrogen-bond donors (Lipinski definition) is 1. The van der Waals surface area contributed by atoms with Crippen LogP contribution in [0.5, 0.6) is 0 Å². The molecule has 0 bridgehead atoms. The summed E-state index contributed by atoms with van der Waals surface area (Å²) in [6.45, 7) is 3.03. The lowest BCUT2D eigenvalue weighted by molar-refractivity contribution is 0.0696. The molecule has 0 aromatic carbocycles. The smallest absolute Gasteiger partial charge is 0.337 e. The Kier molecular flexibility index (Phi) is 3.17. The lowest BCUT2D eigenvalue weighted by Gasteiger charge is -2.33. The van der Waals surface area contributed by atoms with Gasteiger partial charge in [-0.05, 0) is 43.7 Å². The summed E-state index contributed by atoms with van der Waals surface area (Å²) >= 11 is 0. The SMILES string of the molecule is Cc1cc(C(=O)O)cnc1N1CCC2CCCCC21. The van der Waals surface area contributed by atoms with E-state index in [0.29, 0.717) is 6.04 Å². The number of aryl methyl sites for hydroxylation is 1. The maximum Gasteiger partial charge on any atom is 0.337 e. The Bertz CT molecular complexity index is 501. The monoisotopic (exact) mass is 260 g/mol. The summed E-state index contributed by atoms with van der Waals surface area (Å²) < 4.78 is 0. The Hall–Kier alpha value is -1.58. The van der Waals surface area contributed by atoms with Gasteiger partial charge in [-0.3, -0.25) is 0 Å². The first-order valence-electron chi connectivity index (χ1n) is 7.13. The number of carbonyl (C=O) groups is 1. The highest BCUT2D eigenvalue weighted by molar-refractivity contribution is 5.87. The highest BCUT2D eigenvalue weighted by atomic mass is 16.4. The topological polar surface area (TPSA) is 53.4 Å². The maximum absolute atomic E-state index is 11.0. The molecule has 1 aliphatic heterocycles. The van der Waals surface area contributed by atoms with Gasteiger partial charge in [-0.1, -0.05) is 12.8 Å². The van der Waals surface area contributed by atoms with Crippen molar-refractivity contribution >= 4 is 11.8 Å². The number of fused-ring (bicyclic) bond motifs is 1. The predicted molar refractivity (Wildman–Crippen MR) is 73.6 cm³/mol. The number of anilines is 1. The van der Waals surface area contributed by atoms with Crippen LogP contribution in [0.1, 0.15) is 48.0 Å². The third kappa shape index (κ3) is 2.20. The molecule has 4 nitrogen and oxygen atoms in total. The minimum atomic E-state index is -0.904. The zero-order chi connectivity index (χ0) is 13.4. The molecule has 1 aromatic heterocycles. The van der Waals surface area contributed by atoms with Crippen LogP contribution in [0.3, 0.4) is 0 Å². The largest absolute Gasteiger partial charge is 0.478 e. The fourth-order valence-electron chi connectivity index (χ4n) is 3.65. The number of aromatic carboxylic acids is 1. The third-order valence-corrected chi connectivity index (χ3v) is 4.58. The van der Waals surface area contributed by atoms with Crippen LogP contribution in [0.25, 0.3) is 0 Å². The van der Waals surface area contributed by atoms with Gasteiger partial charge < -0.3 is 10.0 Å². The van der Waals surface area contributed by atoms with E-state index >= 15 is 0 Å². The number of aromatic nitrogens is 1. The van der Waals surface area contributed by atoms with Crippen LogP contribution in [-0.4, -0.2) is 28.6 Å². The lowest BCUT2D eigenvalue weighted by Crippen LogP contribution is -2.35. The molecule has 1 saturated heterocycles. The molecule has 1 aliphatic carbocycles. The van der Waals surface area contributed by atoms with E-state index in [1.54, 1.807) is 6.07 Å². The maximum atomic E-state index is 11.0. The summed E-state index contributed by atoms with van der Waals surface area (Å²) in [4.78, 5) is 17.8. The molecule has 2 fully saturated rings. The van der Waals surface area contributed by atoms with Crippen molar-refractivity contribution in [1.82, 2.24) is 4.98 Å². The molecule has 19 heavy (non-hydrogen) atoms. The summed E-state index contributed by atoms with van der Waals surface area (Å²) in [5, 5.41) is 9.00. The van der Waals surface area contributed by atoms with Gasteiger partial charge in [0, 0.05) is 18.8 Å². The molecule has 3 rings (SSSR count). The first kappa shape index (κ1) is 12.5. The number of carboxylic acid groups (broad SMARTS) is 1. The zero-order valence-corrected chi connectivity index (χ0v) is 11.3. The van der Waals surface area contributed by atoms with E-state index in [1.807, 2.05) is 6.92 Å². The Labute approximate surface area is 113 Å². The molecular weight excluding hydrogens is 240 g/mol. The number of carboxylic acids is 1. The summed E-state index contributed by atoms with van der Waals surface area (Å²) in [7, 11) is 0. The van der Waals surface area contributed by atoms with Crippen LogP contribution < -0.4 is 4.90 Å². The van der Waals surface area contributed by atoms with Crippen molar-refractivity contribution in [2.75, 3.05) is 11.4 Å². The Balaban J connectivity index is 1.88. The van der Waals surface area contributed by atoms with Gasteiger partial charge in [-0.15, -0.1) is 0 Å². The molecule has 4 heteroatoms. The Morgan fingerprint density at radius 1 is 1.37 bits per heavy atom. The minimum Gasteiger partial charge on any atom is -0.478 e. The van der Waals surface area contributed by atoms with E-state index < -0.39 is 5.97 Å². The molecule has 102 valence electrons. The highest BCUT2D eigenvalue weighted by Gasteiger charge is 2.36. The molecule has 2 heterocycles. The van der Waals surface area contributed by atoms with Crippen LogP contribution >= 0.6 is 0 Å². The van der Waals surface area contributed by atoms with Crippen molar-refractivity contribution in [1.29, 1.82) is 0 Å². The number of hydrogen-bond acceptors (Lipinski definition) is 3. The molecule has 2 unspecified atom stereocenters. The third-order valence-electron chi connectivity index (χ3n) is 4.58. The summed E-state index contributed by atoms with van der Waals surface area (Å²) in [5.41, 5.74) is 1.26. The fourth-order valence-corrected chi connectivity index (χ4v) is 3.65. The van der Waals surface area contributed by atoms with E-state index in [9.17, 15) is 4.79 Å². The summed E-state index contributed by atoms with van der Waals surface area (Å²) in [6, 6.07) is 2.36. The summed E-state index contributed by atoms with van der Waals surface area (Å²) in [6.07, 6.45) is 8.01. The average Bonchev–Trinajstić information content (AvgIpc) is 2.82. The van der Waals surface area contributed by atoms with Gasteiger partial charge >= 0.3 is 5.97 Å². The number of nitrogens with zero attached hydrogens (tertiary/aromatic N) is 2. The van der Waals surface area contributed by atoms with Crippen molar-refractivity contribution in [3.05, 3.63) is 23.4 Å². The highest BCUT2D eigenvalue weighted by Crippen LogP contribution is 2.39. The number of pyridine rings is 1. The van der Waals surface area contributed by atoms with Gasteiger partial charge in [0.2, 0.25) is 0 Å². The molecule has 1 saturated carbocycles. The van der Waals surface area contributed by atoms with E-state index in [-0.39, 0.29) is 5.56 Å².